The van der Waals surface area contributed by atoms with E-state index in [0.29, 0.717) is 22.3 Å². The summed E-state index contributed by atoms with van der Waals surface area (Å²) in [6, 6.07) is 10.2. The quantitative estimate of drug-likeness (QED) is 0.908. The lowest BCUT2D eigenvalue weighted by molar-refractivity contribution is -0.122. The van der Waals surface area contributed by atoms with Crippen LogP contribution in [0.1, 0.15) is 6.92 Å². The average Bonchev–Trinajstić information content (AvgIpc) is 2.41. The highest BCUT2D eigenvalue weighted by Crippen LogP contribution is 2.19. The Labute approximate surface area is 121 Å². The first-order valence-electron chi connectivity index (χ1n) is 6.00. The first-order valence-corrected chi connectivity index (χ1v) is 6.37. The number of hydrogen-bond donors (Lipinski definition) is 2. The summed E-state index contributed by atoms with van der Waals surface area (Å²) in [5, 5.41) is 3.16. The number of pyridine rings is 1. The van der Waals surface area contributed by atoms with Gasteiger partial charge in [-0.05, 0) is 37.3 Å². The van der Waals surface area contributed by atoms with Crippen molar-refractivity contribution in [1.82, 2.24) is 4.98 Å². The monoisotopic (exact) mass is 291 g/mol. The number of ether oxygens (including phenoxy) is 1. The molecule has 20 heavy (non-hydrogen) atoms. The van der Waals surface area contributed by atoms with Gasteiger partial charge in [0.1, 0.15) is 5.75 Å². The van der Waals surface area contributed by atoms with E-state index in [2.05, 4.69) is 10.3 Å². The molecule has 5 nitrogen and oxygen atoms in total. The molecule has 1 atom stereocenters. The summed E-state index contributed by atoms with van der Waals surface area (Å²) in [5.41, 5.74) is 6.10. The molecule has 0 bridgehead atoms. The summed E-state index contributed by atoms with van der Waals surface area (Å²) in [6.45, 7) is 1.63. The third-order valence-electron chi connectivity index (χ3n) is 2.56. The van der Waals surface area contributed by atoms with Crippen LogP contribution in [0.3, 0.4) is 0 Å². The molecule has 0 radical (unpaired) electrons. The van der Waals surface area contributed by atoms with Crippen molar-refractivity contribution in [2.45, 2.75) is 13.0 Å². The summed E-state index contributed by atoms with van der Waals surface area (Å²) in [7, 11) is 0. The number of hydrogen-bond acceptors (Lipinski definition) is 4. The number of nitrogens with two attached hydrogens (primary N) is 1. The Hall–Kier alpha value is -2.27. The third kappa shape index (κ3) is 3.61. The van der Waals surface area contributed by atoms with Crippen LogP contribution in [-0.4, -0.2) is 17.0 Å². The maximum atomic E-state index is 12.0. The van der Waals surface area contributed by atoms with Crippen LogP contribution in [0.2, 0.25) is 5.02 Å². The smallest absolute Gasteiger partial charge is 0.266 e. The van der Waals surface area contributed by atoms with Crippen molar-refractivity contribution in [3.05, 3.63) is 47.6 Å². The van der Waals surface area contributed by atoms with Crippen LogP contribution in [0.25, 0.3) is 0 Å². The van der Waals surface area contributed by atoms with Gasteiger partial charge in [0.05, 0.1) is 5.69 Å². The molecule has 0 spiro atoms. The second-order valence-corrected chi connectivity index (χ2v) is 4.58. The number of anilines is 2. The number of nitrogens with one attached hydrogen (secondary N) is 1. The molecule has 1 unspecified atom stereocenters. The number of nitrogen functional groups attached to an aromatic ring is 1. The molecule has 6 heteroatoms. The minimum absolute atomic E-state index is 0.319. The van der Waals surface area contributed by atoms with Crippen LogP contribution in [0.15, 0.2) is 42.6 Å². The number of rotatable bonds is 4. The molecule has 0 saturated heterocycles. The van der Waals surface area contributed by atoms with Gasteiger partial charge in [0, 0.05) is 11.2 Å². The fourth-order valence-electron chi connectivity index (χ4n) is 1.54. The van der Waals surface area contributed by atoms with E-state index in [1.807, 2.05) is 0 Å². The number of halogens is 1. The molecule has 2 rings (SSSR count). The first kappa shape index (κ1) is 14.1. The van der Waals surface area contributed by atoms with Crippen LogP contribution in [0.4, 0.5) is 11.5 Å². The van der Waals surface area contributed by atoms with Gasteiger partial charge in [0.2, 0.25) is 0 Å². The van der Waals surface area contributed by atoms with E-state index in [1.165, 1.54) is 0 Å². The van der Waals surface area contributed by atoms with Gasteiger partial charge in [-0.15, -0.1) is 0 Å². The fourth-order valence-corrected chi connectivity index (χ4v) is 1.72. The standard InChI is InChI=1S/C14H14ClN3O2/c1-9(20-11-5-2-4-10(15)8-11)14(19)18-13-12(16)6-3-7-17-13/h2-9H,16H2,1H3,(H,17,18,19). The topological polar surface area (TPSA) is 77.2 Å². The molecule has 104 valence electrons. The summed E-state index contributed by atoms with van der Waals surface area (Å²) in [6.07, 6.45) is 0.851. The van der Waals surface area contributed by atoms with E-state index < -0.39 is 6.10 Å². The van der Waals surface area contributed by atoms with Crippen molar-refractivity contribution in [2.24, 2.45) is 0 Å². The molecule has 1 aromatic heterocycles. The largest absolute Gasteiger partial charge is 0.481 e. The zero-order valence-electron chi connectivity index (χ0n) is 10.8. The van der Waals surface area contributed by atoms with Crippen LogP contribution in [0.5, 0.6) is 5.75 Å². The van der Waals surface area contributed by atoms with Crippen LogP contribution in [-0.2, 0) is 4.79 Å². The van der Waals surface area contributed by atoms with Gasteiger partial charge in [-0.3, -0.25) is 4.79 Å². The van der Waals surface area contributed by atoms with E-state index in [1.54, 1.807) is 49.5 Å². The molecule has 2 aromatic rings. The third-order valence-corrected chi connectivity index (χ3v) is 2.79. The molecule has 0 aliphatic heterocycles. The summed E-state index contributed by atoms with van der Waals surface area (Å²) in [4.78, 5) is 16.0. The molecule has 0 saturated carbocycles. The summed E-state index contributed by atoms with van der Waals surface area (Å²) >= 11 is 5.85. The highest BCUT2D eigenvalue weighted by Gasteiger charge is 2.16. The Morgan fingerprint density at radius 2 is 2.20 bits per heavy atom. The summed E-state index contributed by atoms with van der Waals surface area (Å²) in [5.74, 6) is 0.503. The fraction of sp³-hybridized carbons (Fsp3) is 0.143. The highest BCUT2D eigenvalue weighted by atomic mass is 35.5. The number of aromatic nitrogens is 1. The zero-order chi connectivity index (χ0) is 14.5. The molecule has 1 heterocycles. The van der Waals surface area contributed by atoms with Crippen LogP contribution >= 0.6 is 11.6 Å². The van der Waals surface area contributed by atoms with E-state index >= 15 is 0 Å². The van der Waals surface area contributed by atoms with E-state index in [4.69, 9.17) is 22.1 Å². The normalized spacial score (nSPS) is 11.7. The van der Waals surface area contributed by atoms with Crippen molar-refractivity contribution >= 4 is 29.0 Å². The average molecular weight is 292 g/mol. The molecule has 3 N–H and O–H groups in total. The molecule has 0 fully saturated rings. The number of carbonyl (C=O) groups excluding carboxylic acids is 1. The number of amides is 1. The van der Waals surface area contributed by atoms with Crippen molar-refractivity contribution in [3.63, 3.8) is 0 Å². The maximum absolute atomic E-state index is 12.0. The lowest BCUT2D eigenvalue weighted by atomic mass is 10.3. The van der Waals surface area contributed by atoms with Gasteiger partial charge in [-0.2, -0.15) is 0 Å². The Balaban J connectivity index is 2.01. The van der Waals surface area contributed by atoms with Gasteiger partial charge < -0.3 is 15.8 Å². The minimum atomic E-state index is -0.699. The predicted octanol–water partition coefficient (Wildman–Crippen LogP) is 2.72. The lowest BCUT2D eigenvalue weighted by Crippen LogP contribution is -2.30. The van der Waals surface area contributed by atoms with Crippen molar-refractivity contribution < 1.29 is 9.53 Å². The Kier molecular flexibility index (Phi) is 4.42. The Morgan fingerprint density at radius 1 is 1.40 bits per heavy atom. The Morgan fingerprint density at radius 3 is 2.90 bits per heavy atom. The SMILES string of the molecule is CC(Oc1cccc(Cl)c1)C(=O)Nc1ncccc1N. The van der Waals surface area contributed by atoms with Gasteiger partial charge in [0.15, 0.2) is 11.9 Å². The molecule has 1 aromatic carbocycles. The number of benzene rings is 1. The molecular weight excluding hydrogens is 278 g/mol. The summed E-state index contributed by atoms with van der Waals surface area (Å²) < 4.78 is 5.50. The number of carbonyl (C=O) groups is 1. The molecular formula is C14H14ClN3O2. The lowest BCUT2D eigenvalue weighted by Gasteiger charge is -2.15. The van der Waals surface area contributed by atoms with Gasteiger partial charge >= 0.3 is 0 Å². The van der Waals surface area contributed by atoms with Crippen molar-refractivity contribution in [2.75, 3.05) is 11.1 Å². The highest BCUT2D eigenvalue weighted by molar-refractivity contribution is 6.30. The molecule has 0 aliphatic rings. The van der Waals surface area contributed by atoms with E-state index in [9.17, 15) is 4.79 Å². The first-order chi connectivity index (χ1) is 9.56. The number of nitrogens with zero attached hydrogens (tertiary/aromatic N) is 1. The van der Waals surface area contributed by atoms with Gasteiger partial charge in [-0.25, -0.2) is 4.98 Å². The van der Waals surface area contributed by atoms with Crippen molar-refractivity contribution in [3.8, 4) is 5.75 Å². The molecule has 0 aliphatic carbocycles. The van der Waals surface area contributed by atoms with Gasteiger partial charge in [0.25, 0.3) is 5.91 Å². The van der Waals surface area contributed by atoms with Crippen molar-refractivity contribution in [1.29, 1.82) is 0 Å². The zero-order valence-corrected chi connectivity index (χ0v) is 11.6. The van der Waals surface area contributed by atoms with Gasteiger partial charge in [-0.1, -0.05) is 17.7 Å². The maximum Gasteiger partial charge on any atom is 0.266 e. The molecule has 1 amide bonds. The minimum Gasteiger partial charge on any atom is -0.481 e. The van der Waals surface area contributed by atoms with E-state index in [0.717, 1.165) is 0 Å². The van der Waals surface area contributed by atoms with E-state index in [-0.39, 0.29) is 5.91 Å². The second-order valence-electron chi connectivity index (χ2n) is 4.15. The predicted molar refractivity (Wildman–Crippen MR) is 78.8 cm³/mol. The van der Waals surface area contributed by atoms with Crippen LogP contribution < -0.4 is 15.8 Å². The Bertz CT molecular complexity index is 619. The van der Waals surface area contributed by atoms with Crippen LogP contribution in [0, 0.1) is 0 Å². The second kappa shape index (κ2) is 6.25.